The number of aliphatic hydroxyl groups excluding tert-OH is 1. The van der Waals surface area contributed by atoms with Crippen LogP contribution in [0.1, 0.15) is 78.6 Å². The van der Waals surface area contributed by atoms with Gasteiger partial charge < -0.3 is 14.3 Å². The van der Waals surface area contributed by atoms with Crippen LogP contribution in [-0.4, -0.2) is 78.6 Å². The Morgan fingerprint density at radius 3 is 2.49 bits per heavy atom. The zero-order valence-electron chi connectivity index (χ0n) is 23.0. The second-order valence-corrected chi connectivity index (χ2v) is 14.4. The number of hydrogen-bond donors (Lipinski definition) is 1. The average molecular weight is 486 g/mol. The van der Waals surface area contributed by atoms with Gasteiger partial charge >= 0.3 is 0 Å². The van der Waals surface area contributed by atoms with Crippen LogP contribution in [0.4, 0.5) is 0 Å². The third-order valence-corrected chi connectivity index (χ3v) is 13.4. The van der Waals surface area contributed by atoms with Crippen molar-refractivity contribution in [2.24, 2.45) is 40.4 Å². The molecule has 0 aromatic rings. The Hall–Kier alpha value is -0.420. The standard InChI is InChI=1S/C31H53N2O2/c1-5-14-33(15-6-7-16-33)28-20-26-24-9-8-23-19-29(34)27(32-12-17-35-18-13-32)21-31(23,4)25(24)10-11-30(26,3)22(28)2/h5,22-29,34H,1,6-21H2,2-4H3/q+1/t22?,23-,24?,25?,26?,27?,28?,29-,30?,31?/m0/s1. The maximum atomic E-state index is 11.2. The van der Waals surface area contributed by atoms with Crippen LogP contribution < -0.4 is 0 Å². The second-order valence-electron chi connectivity index (χ2n) is 14.4. The van der Waals surface area contributed by atoms with Gasteiger partial charge in [0.1, 0.15) is 0 Å². The lowest BCUT2D eigenvalue weighted by Gasteiger charge is -2.62. The quantitative estimate of drug-likeness (QED) is 0.444. The molecule has 8 unspecified atom stereocenters. The summed E-state index contributed by atoms with van der Waals surface area (Å²) >= 11 is 0. The first-order valence-electron chi connectivity index (χ1n) is 15.3. The predicted octanol–water partition coefficient (Wildman–Crippen LogP) is 5.11. The molecule has 4 saturated carbocycles. The summed E-state index contributed by atoms with van der Waals surface area (Å²) in [5.74, 6) is 4.19. The molecule has 2 saturated heterocycles. The van der Waals surface area contributed by atoms with Gasteiger partial charge in [-0.2, -0.15) is 0 Å². The summed E-state index contributed by atoms with van der Waals surface area (Å²) in [6, 6.07) is 1.18. The zero-order chi connectivity index (χ0) is 24.4. The molecule has 10 atom stereocenters. The highest BCUT2D eigenvalue weighted by molar-refractivity contribution is 5.12. The summed E-state index contributed by atoms with van der Waals surface area (Å²) < 4.78 is 7.01. The smallest absolute Gasteiger partial charge is 0.0973 e. The molecule has 0 spiro atoms. The van der Waals surface area contributed by atoms with E-state index in [9.17, 15) is 5.11 Å². The van der Waals surface area contributed by atoms with Gasteiger partial charge in [-0.15, -0.1) is 0 Å². The first kappa shape index (κ1) is 24.9. The number of quaternary nitrogens is 1. The lowest BCUT2D eigenvalue weighted by atomic mass is 9.44. The van der Waals surface area contributed by atoms with Crippen LogP contribution in [-0.2, 0) is 4.74 Å². The van der Waals surface area contributed by atoms with Gasteiger partial charge in [-0.1, -0.05) is 27.4 Å². The van der Waals surface area contributed by atoms with Crippen LogP contribution in [0.15, 0.2) is 12.7 Å². The number of hydrogen-bond acceptors (Lipinski definition) is 3. The highest BCUT2D eigenvalue weighted by Gasteiger charge is 2.65. The molecule has 4 heteroatoms. The summed E-state index contributed by atoms with van der Waals surface area (Å²) in [6.45, 7) is 19.8. The predicted molar refractivity (Wildman–Crippen MR) is 142 cm³/mol. The molecule has 198 valence electrons. The molecule has 0 radical (unpaired) electrons. The molecule has 0 bridgehead atoms. The maximum absolute atomic E-state index is 11.2. The number of fused-ring (bicyclic) bond motifs is 5. The van der Waals surface area contributed by atoms with E-state index in [4.69, 9.17) is 4.74 Å². The van der Waals surface area contributed by atoms with Gasteiger partial charge in [-0.25, -0.2) is 0 Å². The minimum Gasteiger partial charge on any atom is -0.391 e. The van der Waals surface area contributed by atoms with Crippen LogP contribution in [0.5, 0.6) is 0 Å². The molecule has 1 N–H and O–H groups in total. The van der Waals surface area contributed by atoms with Crippen molar-refractivity contribution < 1.29 is 14.3 Å². The lowest BCUT2D eigenvalue weighted by molar-refractivity contribution is -0.938. The second kappa shape index (κ2) is 9.10. The van der Waals surface area contributed by atoms with Crippen molar-refractivity contribution in [3.8, 4) is 0 Å². The number of aliphatic hydroxyl groups is 1. The SMILES string of the molecule is C=CC[N+]1(C2CC3C4CC[C@H]5C[C@H](O)C(N6CCOCC6)CC5(C)C4CCC3(C)C2C)CCCC1. The van der Waals surface area contributed by atoms with Crippen molar-refractivity contribution in [1.29, 1.82) is 0 Å². The third kappa shape index (κ3) is 3.74. The molecule has 0 amide bonds. The number of ether oxygens (including phenoxy) is 1. The Labute approximate surface area is 215 Å². The van der Waals surface area contributed by atoms with Crippen molar-refractivity contribution >= 4 is 0 Å². The molecular formula is C31H53N2O2+. The molecular weight excluding hydrogens is 432 g/mol. The zero-order valence-corrected chi connectivity index (χ0v) is 23.0. The van der Waals surface area contributed by atoms with Gasteiger partial charge in [-0.05, 0) is 79.1 Å². The molecule has 6 rings (SSSR count). The largest absolute Gasteiger partial charge is 0.391 e. The highest BCUT2D eigenvalue weighted by Crippen LogP contribution is 2.68. The van der Waals surface area contributed by atoms with E-state index in [1.165, 1.54) is 75.5 Å². The van der Waals surface area contributed by atoms with Gasteiger partial charge in [0, 0.05) is 44.3 Å². The fourth-order valence-electron chi connectivity index (χ4n) is 11.4. The van der Waals surface area contributed by atoms with Gasteiger partial charge in [0.15, 0.2) is 0 Å². The fraction of sp³-hybridized carbons (Fsp3) is 0.935. The molecule has 4 nitrogen and oxygen atoms in total. The maximum Gasteiger partial charge on any atom is 0.0973 e. The van der Waals surface area contributed by atoms with Gasteiger partial charge in [0.25, 0.3) is 0 Å². The molecule has 4 aliphatic carbocycles. The molecule has 2 heterocycles. The van der Waals surface area contributed by atoms with Gasteiger partial charge in [0.05, 0.1) is 45.0 Å². The first-order valence-corrected chi connectivity index (χ1v) is 15.3. The fourth-order valence-corrected chi connectivity index (χ4v) is 11.4. The van der Waals surface area contributed by atoms with Crippen molar-refractivity contribution in [3.63, 3.8) is 0 Å². The molecule has 6 aliphatic rings. The number of likely N-dealkylation sites (tertiary alicyclic amines) is 1. The Bertz CT molecular complexity index is 789. The van der Waals surface area contributed by atoms with E-state index in [2.05, 4.69) is 38.3 Å². The molecule has 6 fully saturated rings. The van der Waals surface area contributed by atoms with E-state index < -0.39 is 0 Å². The topological polar surface area (TPSA) is 32.7 Å². The van der Waals surface area contributed by atoms with Crippen molar-refractivity contribution in [2.75, 3.05) is 45.9 Å². The summed E-state index contributed by atoms with van der Waals surface area (Å²) in [5.41, 5.74) is 0.913. The number of nitrogens with zero attached hydrogens (tertiary/aromatic N) is 2. The number of morpholine rings is 1. The van der Waals surface area contributed by atoms with E-state index in [0.717, 1.165) is 62.4 Å². The molecule has 2 aliphatic heterocycles. The van der Waals surface area contributed by atoms with E-state index in [0.29, 0.717) is 22.8 Å². The Balaban J connectivity index is 1.26. The van der Waals surface area contributed by atoms with Crippen molar-refractivity contribution in [2.45, 2.75) is 96.7 Å². The van der Waals surface area contributed by atoms with E-state index in [1.807, 2.05) is 0 Å². The summed E-state index contributed by atoms with van der Waals surface area (Å²) in [6.07, 6.45) is 14.2. The van der Waals surface area contributed by atoms with Crippen LogP contribution in [0.25, 0.3) is 0 Å². The van der Waals surface area contributed by atoms with Crippen LogP contribution in [0.2, 0.25) is 0 Å². The molecule has 0 aromatic heterocycles. The lowest BCUT2D eigenvalue weighted by Crippen LogP contribution is -2.60. The van der Waals surface area contributed by atoms with Crippen molar-refractivity contribution in [1.82, 2.24) is 4.90 Å². The summed E-state index contributed by atoms with van der Waals surface area (Å²) in [7, 11) is 0. The average Bonchev–Trinajstić information content (AvgIpc) is 3.43. The van der Waals surface area contributed by atoms with E-state index in [-0.39, 0.29) is 6.10 Å². The monoisotopic (exact) mass is 485 g/mol. The van der Waals surface area contributed by atoms with E-state index in [1.54, 1.807) is 0 Å². The van der Waals surface area contributed by atoms with Crippen molar-refractivity contribution in [3.05, 3.63) is 12.7 Å². The van der Waals surface area contributed by atoms with Crippen LogP contribution in [0.3, 0.4) is 0 Å². The van der Waals surface area contributed by atoms with Crippen LogP contribution in [0, 0.1) is 40.4 Å². The Kier molecular flexibility index (Phi) is 6.47. The third-order valence-electron chi connectivity index (χ3n) is 13.4. The summed E-state index contributed by atoms with van der Waals surface area (Å²) in [5, 5.41) is 11.2. The summed E-state index contributed by atoms with van der Waals surface area (Å²) in [4.78, 5) is 2.58. The molecule has 35 heavy (non-hydrogen) atoms. The van der Waals surface area contributed by atoms with E-state index >= 15 is 0 Å². The minimum absolute atomic E-state index is 0.147. The minimum atomic E-state index is -0.147. The van der Waals surface area contributed by atoms with Gasteiger partial charge in [0.2, 0.25) is 0 Å². The van der Waals surface area contributed by atoms with Crippen LogP contribution >= 0.6 is 0 Å². The highest BCUT2D eigenvalue weighted by atomic mass is 16.5. The normalized spacial score (nSPS) is 51.9. The molecule has 0 aromatic carbocycles. The Morgan fingerprint density at radius 1 is 1.03 bits per heavy atom. The Morgan fingerprint density at radius 2 is 1.77 bits per heavy atom. The first-order chi connectivity index (χ1) is 16.8. The van der Waals surface area contributed by atoms with Gasteiger partial charge in [-0.3, -0.25) is 4.90 Å². The number of rotatable bonds is 4.